The van der Waals surface area contributed by atoms with E-state index in [1.54, 1.807) is 6.07 Å². The Morgan fingerprint density at radius 2 is 1.84 bits per heavy atom. The number of benzene rings is 1. The summed E-state index contributed by atoms with van der Waals surface area (Å²) in [5.74, 6) is 0.486. The summed E-state index contributed by atoms with van der Waals surface area (Å²) in [6.07, 6.45) is 3.13. The minimum atomic E-state index is -0.162. The van der Waals surface area contributed by atoms with E-state index in [9.17, 15) is 9.59 Å². The Labute approximate surface area is 152 Å². The minimum absolute atomic E-state index is 0.0137. The summed E-state index contributed by atoms with van der Waals surface area (Å²) in [7, 11) is 0. The minimum Gasteiger partial charge on any atom is -0.342 e. The third-order valence-corrected chi connectivity index (χ3v) is 5.70. The molecule has 1 saturated heterocycles. The van der Waals surface area contributed by atoms with E-state index in [-0.39, 0.29) is 18.4 Å². The van der Waals surface area contributed by atoms with Crippen molar-refractivity contribution < 1.29 is 9.59 Å². The van der Waals surface area contributed by atoms with Crippen molar-refractivity contribution >= 4 is 23.2 Å². The van der Waals surface area contributed by atoms with Crippen molar-refractivity contribution in [3.05, 3.63) is 57.8 Å². The molecule has 0 aliphatic carbocycles. The van der Waals surface area contributed by atoms with Crippen LogP contribution in [-0.4, -0.2) is 36.3 Å². The van der Waals surface area contributed by atoms with Gasteiger partial charge < -0.3 is 10.2 Å². The lowest BCUT2D eigenvalue weighted by molar-refractivity contribution is -0.131. The fourth-order valence-corrected chi connectivity index (χ4v) is 4.03. The smallest absolute Gasteiger partial charge is 0.261 e. The highest BCUT2D eigenvalue weighted by molar-refractivity contribution is 7.13. The van der Waals surface area contributed by atoms with Crippen molar-refractivity contribution in [3.8, 4) is 0 Å². The predicted molar refractivity (Wildman–Crippen MR) is 101 cm³/mol. The highest BCUT2D eigenvalue weighted by Gasteiger charge is 2.23. The fourth-order valence-electron chi connectivity index (χ4n) is 3.25. The molecule has 0 unspecified atom stereocenters. The Morgan fingerprint density at radius 3 is 2.48 bits per heavy atom. The van der Waals surface area contributed by atoms with E-state index in [0.717, 1.165) is 37.2 Å². The molecule has 0 radical (unpaired) electrons. The largest absolute Gasteiger partial charge is 0.342 e. The molecule has 25 heavy (non-hydrogen) atoms. The molecule has 1 aliphatic rings. The maximum Gasteiger partial charge on any atom is 0.261 e. The number of rotatable bonds is 5. The van der Waals surface area contributed by atoms with Gasteiger partial charge in [-0.15, -0.1) is 11.3 Å². The summed E-state index contributed by atoms with van der Waals surface area (Å²) in [6, 6.07) is 14.2. The molecule has 5 heteroatoms. The van der Waals surface area contributed by atoms with E-state index in [0.29, 0.717) is 10.8 Å². The number of amides is 2. The number of thiophene rings is 1. The number of aryl methyl sites for hydroxylation is 1. The Bertz CT molecular complexity index is 718. The van der Waals surface area contributed by atoms with Crippen molar-refractivity contribution in [2.75, 3.05) is 19.6 Å². The van der Waals surface area contributed by atoms with Crippen LogP contribution in [0.3, 0.4) is 0 Å². The first kappa shape index (κ1) is 17.7. The van der Waals surface area contributed by atoms with Gasteiger partial charge in [-0.1, -0.05) is 30.3 Å². The van der Waals surface area contributed by atoms with E-state index in [1.807, 2.05) is 24.0 Å². The van der Waals surface area contributed by atoms with Gasteiger partial charge in [0, 0.05) is 18.0 Å². The van der Waals surface area contributed by atoms with Crippen molar-refractivity contribution in [2.45, 2.75) is 26.2 Å². The molecule has 1 aromatic heterocycles. The molecule has 2 aromatic rings. The lowest BCUT2D eigenvalue weighted by Gasteiger charge is -2.32. The van der Waals surface area contributed by atoms with E-state index in [4.69, 9.17) is 0 Å². The number of piperidine rings is 1. The number of likely N-dealkylation sites (tertiary alicyclic amines) is 1. The van der Waals surface area contributed by atoms with Gasteiger partial charge in [0.1, 0.15) is 0 Å². The average Bonchev–Trinajstić information content (AvgIpc) is 3.07. The zero-order valence-electron chi connectivity index (χ0n) is 14.5. The lowest BCUT2D eigenvalue weighted by atomic mass is 9.90. The highest BCUT2D eigenvalue weighted by atomic mass is 32.1. The van der Waals surface area contributed by atoms with Crippen LogP contribution >= 0.6 is 11.3 Å². The first-order valence-electron chi connectivity index (χ1n) is 8.78. The van der Waals surface area contributed by atoms with Gasteiger partial charge in [-0.25, -0.2) is 0 Å². The molecule has 0 bridgehead atoms. The van der Waals surface area contributed by atoms with Gasteiger partial charge >= 0.3 is 0 Å². The number of nitrogens with zero attached hydrogens (tertiary/aromatic N) is 1. The lowest BCUT2D eigenvalue weighted by Crippen LogP contribution is -2.44. The predicted octanol–water partition coefficient (Wildman–Crippen LogP) is 3.27. The van der Waals surface area contributed by atoms with Crippen LogP contribution in [0.15, 0.2) is 42.5 Å². The second-order valence-electron chi connectivity index (χ2n) is 6.61. The van der Waals surface area contributed by atoms with Crippen LogP contribution in [0, 0.1) is 12.8 Å². The van der Waals surface area contributed by atoms with Gasteiger partial charge in [0.2, 0.25) is 5.91 Å². The highest BCUT2D eigenvalue weighted by Crippen LogP contribution is 2.21. The number of nitrogens with one attached hydrogen (secondary N) is 1. The molecule has 1 fully saturated rings. The van der Waals surface area contributed by atoms with Crippen molar-refractivity contribution in [1.29, 1.82) is 0 Å². The number of hydrogen-bond donors (Lipinski definition) is 1. The number of carbonyl (C=O) groups is 2. The average molecular weight is 356 g/mol. The zero-order chi connectivity index (χ0) is 17.6. The molecule has 132 valence electrons. The summed E-state index contributed by atoms with van der Waals surface area (Å²) in [6.45, 7) is 3.61. The van der Waals surface area contributed by atoms with E-state index in [1.165, 1.54) is 16.9 Å². The first-order chi connectivity index (χ1) is 12.1. The SMILES string of the molecule is Cc1ccc(C(=O)NCC(=O)N2CCC(Cc3ccccc3)CC2)s1. The van der Waals surface area contributed by atoms with E-state index < -0.39 is 0 Å². The standard InChI is InChI=1S/C20H24N2O2S/c1-15-7-8-18(25-15)20(24)21-14-19(23)22-11-9-17(10-12-22)13-16-5-3-2-4-6-16/h2-8,17H,9-14H2,1H3,(H,21,24). The Hall–Kier alpha value is -2.14. The van der Waals surface area contributed by atoms with Crippen LogP contribution in [0.25, 0.3) is 0 Å². The third kappa shape index (κ3) is 4.92. The molecule has 1 aliphatic heterocycles. The summed E-state index contributed by atoms with van der Waals surface area (Å²) in [4.78, 5) is 28.0. The van der Waals surface area contributed by atoms with Crippen LogP contribution in [0.5, 0.6) is 0 Å². The quantitative estimate of drug-likeness (QED) is 0.894. The van der Waals surface area contributed by atoms with Crippen LogP contribution < -0.4 is 5.32 Å². The Balaban J connectivity index is 1.41. The van der Waals surface area contributed by atoms with E-state index >= 15 is 0 Å². The molecular weight excluding hydrogens is 332 g/mol. The van der Waals surface area contributed by atoms with Gasteiger partial charge in [-0.3, -0.25) is 9.59 Å². The first-order valence-corrected chi connectivity index (χ1v) is 9.60. The fraction of sp³-hybridized carbons (Fsp3) is 0.400. The maximum absolute atomic E-state index is 12.3. The van der Waals surface area contributed by atoms with Gasteiger partial charge in [0.15, 0.2) is 0 Å². The summed E-state index contributed by atoms with van der Waals surface area (Å²) in [5, 5.41) is 2.74. The number of carbonyl (C=O) groups excluding carboxylic acids is 2. The van der Waals surface area contributed by atoms with Crippen molar-refractivity contribution in [1.82, 2.24) is 10.2 Å². The van der Waals surface area contributed by atoms with Gasteiger partial charge in [0.05, 0.1) is 11.4 Å². The molecule has 1 N–H and O–H groups in total. The molecule has 0 spiro atoms. The monoisotopic (exact) mass is 356 g/mol. The maximum atomic E-state index is 12.3. The molecule has 2 heterocycles. The van der Waals surface area contributed by atoms with Gasteiger partial charge in [0.25, 0.3) is 5.91 Å². The second-order valence-corrected chi connectivity index (χ2v) is 7.89. The van der Waals surface area contributed by atoms with E-state index in [2.05, 4.69) is 29.6 Å². The molecule has 4 nitrogen and oxygen atoms in total. The van der Waals surface area contributed by atoms with Gasteiger partial charge in [-0.05, 0) is 49.8 Å². The summed E-state index contributed by atoms with van der Waals surface area (Å²) >= 11 is 1.45. The number of hydrogen-bond acceptors (Lipinski definition) is 3. The summed E-state index contributed by atoms with van der Waals surface area (Å²) < 4.78 is 0. The van der Waals surface area contributed by atoms with Crippen LogP contribution in [0.2, 0.25) is 0 Å². The molecule has 2 amide bonds. The summed E-state index contributed by atoms with van der Waals surface area (Å²) in [5.41, 5.74) is 1.37. The van der Waals surface area contributed by atoms with Crippen molar-refractivity contribution in [3.63, 3.8) is 0 Å². The Morgan fingerprint density at radius 1 is 1.12 bits per heavy atom. The third-order valence-electron chi connectivity index (χ3n) is 4.70. The van der Waals surface area contributed by atoms with Crippen LogP contribution in [0.4, 0.5) is 0 Å². The normalized spacial score (nSPS) is 15.2. The van der Waals surface area contributed by atoms with Crippen LogP contribution in [-0.2, 0) is 11.2 Å². The zero-order valence-corrected chi connectivity index (χ0v) is 15.3. The topological polar surface area (TPSA) is 49.4 Å². The van der Waals surface area contributed by atoms with Crippen LogP contribution in [0.1, 0.15) is 33.0 Å². The molecule has 3 rings (SSSR count). The van der Waals surface area contributed by atoms with Crippen molar-refractivity contribution in [2.24, 2.45) is 5.92 Å². The molecular formula is C20H24N2O2S. The molecule has 0 atom stereocenters. The Kier molecular flexibility index (Phi) is 5.87. The second kappa shape index (κ2) is 8.30. The molecule has 0 saturated carbocycles. The molecule has 1 aromatic carbocycles. The van der Waals surface area contributed by atoms with Gasteiger partial charge in [-0.2, -0.15) is 0 Å².